The van der Waals surface area contributed by atoms with Gasteiger partial charge in [0.25, 0.3) is 0 Å². The number of rotatable bonds is 3. The van der Waals surface area contributed by atoms with Crippen molar-refractivity contribution >= 4 is 23.4 Å². The number of carbonyl (C=O) groups is 1. The number of H-pyrrole nitrogens is 3. The summed E-state index contributed by atoms with van der Waals surface area (Å²) in [6.45, 7) is 4.48. The van der Waals surface area contributed by atoms with Gasteiger partial charge in [0.1, 0.15) is 5.82 Å². The number of carbonyl (C=O) groups excluding carboxylic acids is 1. The van der Waals surface area contributed by atoms with E-state index in [0.29, 0.717) is 41.5 Å². The smallest absolute Gasteiger partial charge is 0.226 e. The minimum absolute atomic E-state index is 0. The fourth-order valence-electron chi connectivity index (χ4n) is 3.83. The van der Waals surface area contributed by atoms with Crippen molar-refractivity contribution in [2.24, 2.45) is 0 Å². The van der Waals surface area contributed by atoms with Gasteiger partial charge in [-0.05, 0) is 37.1 Å². The Hall–Kier alpha value is -2.44. The van der Waals surface area contributed by atoms with Crippen LogP contribution in [0.3, 0.4) is 0 Å². The Bertz CT molecular complexity index is 1190. The van der Waals surface area contributed by atoms with Gasteiger partial charge in [-0.1, -0.05) is 23.4 Å². The number of nitrogens with two attached hydrogens (primary N) is 2. The van der Waals surface area contributed by atoms with E-state index in [4.69, 9.17) is 20.9 Å². The molecular weight excluding hydrogens is 620 g/mol. The molecule has 2 aliphatic rings. The first kappa shape index (κ1) is 21.8. The van der Waals surface area contributed by atoms with Gasteiger partial charge in [-0.15, -0.1) is 12.2 Å². The topological polar surface area (TPSA) is 135 Å². The van der Waals surface area contributed by atoms with E-state index in [1.807, 2.05) is 32.1 Å². The number of ether oxygens (including phenoxy) is 2. The molecule has 9 heteroatoms. The van der Waals surface area contributed by atoms with Crippen molar-refractivity contribution in [3.63, 3.8) is 0 Å². The van der Waals surface area contributed by atoms with Crippen LogP contribution in [0.4, 0.5) is 11.5 Å². The molecule has 1 saturated heterocycles. The summed E-state index contributed by atoms with van der Waals surface area (Å²) < 4.78 is 11.6. The van der Waals surface area contributed by atoms with Crippen molar-refractivity contribution in [2.75, 3.05) is 24.7 Å². The molecule has 1 aliphatic carbocycles. The van der Waals surface area contributed by atoms with Crippen molar-refractivity contribution < 1.29 is 45.4 Å². The van der Waals surface area contributed by atoms with Crippen molar-refractivity contribution in [2.45, 2.75) is 19.6 Å². The predicted octanol–water partition coefficient (Wildman–Crippen LogP) is 2.85. The van der Waals surface area contributed by atoms with Gasteiger partial charge in [0, 0.05) is 48.2 Å². The van der Waals surface area contributed by atoms with Crippen LogP contribution in [0.2, 0.25) is 0 Å². The Morgan fingerprint density at radius 3 is 2.35 bits per heavy atom. The molecule has 7 N–H and O–H groups in total. The number of ketones is 1. The van der Waals surface area contributed by atoms with Gasteiger partial charge < -0.3 is 40.7 Å². The first-order valence-corrected chi connectivity index (χ1v) is 9.66. The maximum absolute atomic E-state index is 13.4. The Morgan fingerprint density at radius 2 is 1.74 bits per heavy atom. The van der Waals surface area contributed by atoms with E-state index in [2.05, 4.69) is 21.0 Å². The first-order chi connectivity index (χ1) is 14.4. The minimum atomic E-state index is -1.49. The third kappa shape index (κ3) is 3.52. The molecule has 1 aliphatic heterocycles. The second kappa shape index (κ2) is 7.92. The molecule has 0 saturated carbocycles. The molecule has 0 amide bonds. The number of nitrogen functional groups attached to an aromatic ring is 2. The molecule has 3 aromatic rings. The van der Waals surface area contributed by atoms with Gasteiger partial charge in [-0.3, -0.25) is 0 Å². The Labute approximate surface area is 202 Å². The SMILES string of the molecule is Cc1cc(-c2cc3c([nH]2)[C-]=C(/C=C/c2cc(N)c(C)[nH]2)C2(OCCO2)C3=O)[nH]c1N.[U]. The summed E-state index contributed by atoms with van der Waals surface area (Å²) in [5, 5.41) is 0. The number of aromatic amines is 3. The molecule has 3 aromatic heterocycles. The summed E-state index contributed by atoms with van der Waals surface area (Å²) in [5.41, 5.74) is 18.2. The van der Waals surface area contributed by atoms with E-state index in [1.54, 1.807) is 12.1 Å². The molecule has 0 unspecified atom stereocenters. The van der Waals surface area contributed by atoms with Crippen LogP contribution in [0.15, 0.2) is 29.8 Å². The zero-order chi connectivity index (χ0) is 21.0. The van der Waals surface area contributed by atoms with Crippen LogP contribution < -0.4 is 11.5 Å². The molecule has 158 valence electrons. The summed E-state index contributed by atoms with van der Waals surface area (Å²) in [6.07, 6.45) is 6.88. The van der Waals surface area contributed by atoms with Gasteiger partial charge in [0.05, 0.1) is 24.6 Å². The maximum atomic E-state index is 13.4. The number of nitrogens with one attached hydrogen (secondary N) is 3. The van der Waals surface area contributed by atoms with Crippen molar-refractivity contribution in [3.05, 3.63) is 64.1 Å². The van der Waals surface area contributed by atoms with E-state index in [0.717, 1.165) is 28.3 Å². The predicted molar refractivity (Wildman–Crippen MR) is 114 cm³/mol. The van der Waals surface area contributed by atoms with Crippen LogP contribution in [0.5, 0.6) is 0 Å². The number of Topliss-reactive ketones (excluding diaryl/α,β-unsaturated/α-hetero) is 1. The van der Waals surface area contributed by atoms with Crippen LogP contribution in [0, 0.1) is 51.0 Å². The number of aromatic nitrogens is 3. The van der Waals surface area contributed by atoms with Gasteiger partial charge in [0.15, 0.2) is 5.78 Å². The summed E-state index contributed by atoms with van der Waals surface area (Å²) in [6, 6.07) is 5.53. The van der Waals surface area contributed by atoms with Gasteiger partial charge >= 0.3 is 0 Å². The Kier molecular flexibility index (Phi) is 5.56. The molecule has 4 heterocycles. The molecule has 1 spiro atoms. The third-order valence-electron chi connectivity index (χ3n) is 5.52. The molecule has 0 bridgehead atoms. The Morgan fingerprint density at radius 1 is 1.03 bits per heavy atom. The van der Waals surface area contributed by atoms with E-state index in [1.165, 1.54) is 0 Å². The molecule has 8 nitrogen and oxygen atoms in total. The molecule has 5 rings (SSSR count). The molecule has 0 atom stereocenters. The average molecular weight is 642 g/mol. The number of fused-ring (bicyclic) bond motifs is 1. The second-order valence-electron chi connectivity index (χ2n) is 7.57. The second-order valence-corrected chi connectivity index (χ2v) is 7.57. The van der Waals surface area contributed by atoms with Crippen molar-refractivity contribution in [1.29, 1.82) is 0 Å². The van der Waals surface area contributed by atoms with E-state index in [-0.39, 0.29) is 36.9 Å². The Balaban J connectivity index is 0.00000231. The standard InChI is InChI=1S/C22H22N5O3.U/c1-11-7-18(27-21(11)24)19-10-15-17(26-19)8-13(22(20(15)28)29-5-6-30-22)3-4-14-9-16(23)12(2)25-14;/h3-4,7,9-10,25-27H,5-6,23-24H2,1-2H3;/q-1;/b4-3+;. The maximum Gasteiger partial charge on any atom is 0.226 e. The van der Waals surface area contributed by atoms with E-state index < -0.39 is 5.79 Å². The fourth-order valence-corrected chi connectivity index (χ4v) is 3.83. The molecule has 0 radical (unpaired) electrons. The summed E-state index contributed by atoms with van der Waals surface area (Å²) >= 11 is 0. The van der Waals surface area contributed by atoms with Gasteiger partial charge in [-0.25, -0.2) is 0 Å². The summed E-state index contributed by atoms with van der Waals surface area (Å²) in [7, 11) is 0. The zero-order valence-corrected chi connectivity index (χ0v) is 21.3. The molecule has 1 fully saturated rings. The van der Waals surface area contributed by atoms with Crippen molar-refractivity contribution in [1.82, 2.24) is 15.0 Å². The third-order valence-corrected chi connectivity index (χ3v) is 5.52. The van der Waals surface area contributed by atoms with Crippen LogP contribution in [0.1, 0.15) is 33.0 Å². The molecular formula is C22H22N5O3U-. The quantitative estimate of drug-likeness (QED) is 0.280. The summed E-state index contributed by atoms with van der Waals surface area (Å²) in [5.74, 6) is -1.15. The average Bonchev–Trinajstić information content (AvgIpc) is 3.47. The van der Waals surface area contributed by atoms with E-state index >= 15 is 0 Å². The normalized spacial score (nSPS) is 17.2. The zero-order valence-electron chi connectivity index (χ0n) is 17.2. The number of hydrogen-bond acceptors (Lipinski definition) is 5. The number of aryl methyl sites for hydroxylation is 2. The largest absolute Gasteiger partial charge is 0.397 e. The number of hydrogen-bond donors (Lipinski definition) is 5. The fraction of sp³-hybridized carbons (Fsp3) is 0.227. The van der Waals surface area contributed by atoms with Crippen LogP contribution in [-0.4, -0.2) is 39.7 Å². The molecule has 31 heavy (non-hydrogen) atoms. The summed E-state index contributed by atoms with van der Waals surface area (Å²) in [4.78, 5) is 23.0. The first-order valence-electron chi connectivity index (χ1n) is 9.66. The van der Waals surface area contributed by atoms with Gasteiger partial charge in [-0.2, -0.15) is 0 Å². The van der Waals surface area contributed by atoms with Gasteiger partial charge in [0.2, 0.25) is 5.79 Å². The minimum Gasteiger partial charge on any atom is -0.397 e. The van der Waals surface area contributed by atoms with Crippen LogP contribution >= 0.6 is 0 Å². The monoisotopic (exact) mass is 642 g/mol. The van der Waals surface area contributed by atoms with Crippen molar-refractivity contribution in [3.8, 4) is 11.4 Å². The molecule has 0 aromatic carbocycles. The van der Waals surface area contributed by atoms with Crippen LogP contribution in [-0.2, 0) is 9.47 Å². The van der Waals surface area contributed by atoms with E-state index in [9.17, 15) is 4.79 Å². The number of anilines is 2. The van der Waals surface area contributed by atoms with Crippen LogP contribution in [0.25, 0.3) is 17.5 Å².